The highest BCUT2D eigenvalue weighted by Crippen LogP contribution is 2.35. The molecule has 4 aromatic rings. The number of hydrogen-bond donors (Lipinski definition) is 0. The highest BCUT2D eigenvalue weighted by Gasteiger charge is 2.53. The highest BCUT2D eigenvalue weighted by molar-refractivity contribution is 7.99. The van der Waals surface area contributed by atoms with Crippen LogP contribution in [0.25, 0.3) is 0 Å². The zero-order valence-electron chi connectivity index (χ0n) is 25.2. The van der Waals surface area contributed by atoms with Crippen LogP contribution in [-0.4, -0.2) is 66.1 Å². The van der Waals surface area contributed by atoms with Crippen molar-refractivity contribution in [1.29, 1.82) is 0 Å². The molecule has 0 aliphatic carbocycles. The lowest BCUT2D eigenvalue weighted by atomic mass is 9.98. The SMILES string of the molecule is C=CCS[C@H]1O[C@H](COC(=O)c2ccccc2)[C@H](OC(=O)c2ccccc2)[C@H](OC(=O)c2ccccc2)[C@H]1OC(=O)c1ccccc1. The number of benzene rings is 4. The molecule has 1 saturated heterocycles. The average molecular weight is 653 g/mol. The first-order valence-electron chi connectivity index (χ1n) is 14.8. The molecule has 1 aliphatic rings. The van der Waals surface area contributed by atoms with Gasteiger partial charge in [0, 0.05) is 5.75 Å². The molecule has 0 unspecified atom stereocenters. The zero-order chi connectivity index (χ0) is 33.0. The van der Waals surface area contributed by atoms with E-state index in [-0.39, 0.29) is 23.3 Å². The van der Waals surface area contributed by atoms with E-state index in [0.717, 1.165) is 0 Å². The molecule has 0 aromatic heterocycles. The number of esters is 4. The number of thioether (sulfide) groups is 1. The topological polar surface area (TPSA) is 114 Å². The van der Waals surface area contributed by atoms with Gasteiger partial charge in [0.25, 0.3) is 0 Å². The van der Waals surface area contributed by atoms with Crippen molar-refractivity contribution in [1.82, 2.24) is 0 Å². The molecule has 240 valence electrons. The highest BCUT2D eigenvalue weighted by atomic mass is 32.2. The standard InChI is InChI=1S/C37H32O9S/c1-2-23-47-37-32(46-36(41)28-21-13-6-14-22-28)31(45-35(40)27-19-11-5-12-20-27)30(44-34(39)26-17-9-4-10-18-26)29(43-37)24-42-33(38)25-15-7-3-8-16-25/h2-22,29-32,37H,1,23-24H2/t29-,30+,31+,32-,37-/m1/s1. The van der Waals surface area contributed by atoms with Gasteiger partial charge in [0.2, 0.25) is 0 Å². The van der Waals surface area contributed by atoms with Crippen molar-refractivity contribution in [2.45, 2.75) is 29.9 Å². The third-order valence-electron chi connectivity index (χ3n) is 7.12. The molecule has 0 bridgehead atoms. The Morgan fingerprint density at radius 3 is 1.38 bits per heavy atom. The maximum atomic E-state index is 13.5. The van der Waals surface area contributed by atoms with Crippen LogP contribution in [0.3, 0.4) is 0 Å². The molecule has 4 aromatic carbocycles. The van der Waals surface area contributed by atoms with Gasteiger partial charge in [0.05, 0.1) is 22.3 Å². The molecular formula is C37H32O9S. The summed E-state index contributed by atoms with van der Waals surface area (Å²) in [7, 11) is 0. The molecule has 5 atom stereocenters. The summed E-state index contributed by atoms with van der Waals surface area (Å²) in [5.41, 5.74) is 0.0657. The van der Waals surface area contributed by atoms with Gasteiger partial charge in [0.15, 0.2) is 18.3 Å². The molecule has 0 spiro atoms. The van der Waals surface area contributed by atoms with Crippen LogP contribution < -0.4 is 0 Å². The zero-order valence-corrected chi connectivity index (χ0v) is 26.0. The molecule has 10 heteroatoms. The number of rotatable bonds is 12. The van der Waals surface area contributed by atoms with E-state index in [0.29, 0.717) is 11.3 Å². The third kappa shape index (κ3) is 8.75. The molecule has 0 saturated carbocycles. The Morgan fingerprint density at radius 1 is 0.574 bits per heavy atom. The van der Waals surface area contributed by atoms with E-state index in [1.807, 2.05) is 0 Å². The third-order valence-corrected chi connectivity index (χ3v) is 8.25. The lowest BCUT2D eigenvalue weighted by Gasteiger charge is -2.44. The lowest BCUT2D eigenvalue weighted by molar-refractivity contribution is -0.207. The minimum Gasteiger partial charge on any atom is -0.459 e. The first-order chi connectivity index (χ1) is 22.9. The first-order valence-corrected chi connectivity index (χ1v) is 15.9. The second-order valence-electron chi connectivity index (χ2n) is 10.3. The van der Waals surface area contributed by atoms with Crippen LogP contribution in [0.1, 0.15) is 41.4 Å². The molecule has 0 N–H and O–H groups in total. The summed E-state index contributed by atoms with van der Waals surface area (Å²) in [5, 5.41) is 0. The summed E-state index contributed by atoms with van der Waals surface area (Å²) in [6.07, 6.45) is -3.48. The number of carbonyl (C=O) groups excluding carboxylic acids is 4. The van der Waals surface area contributed by atoms with Crippen molar-refractivity contribution in [3.8, 4) is 0 Å². The van der Waals surface area contributed by atoms with Crippen LogP contribution >= 0.6 is 11.8 Å². The lowest BCUT2D eigenvalue weighted by Crippen LogP contribution is -2.61. The largest absolute Gasteiger partial charge is 0.459 e. The van der Waals surface area contributed by atoms with E-state index < -0.39 is 53.7 Å². The van der Waals surface area contributed by atoms with E-state index in [4.69, 9.17) is 23.7 Å². The van der Waals surface area contributed by atoms with Crippen molar-refractivity contribution in [3.05, 3.63) is 156 Å². The minimum absolute atomic E-state index is 0.224. The quantitative estimate of drug-likeness (QED) is 0.100. The Balaban J connectivity index is 1.53. The summed E-state index contributed by atoms with van der Waals surface area (Å²) in [6, 6.07) is 33.1. The molecule has 1 aliphatic heterocycles. The van der Waals surface area contributed by atoms with Gasteiger partial charge in [-0.3, -0.25) is 0 Å². The van der Waals surface area contributed by atoms with Gasteiger partial charge >= 0.3 is 23.9 Å². The molecule has 0 amide bonds. The van der Waals surface area contributed by atoms with Gasteiger partial charge in [-0.05, 0) is 48.5 Å². The number of ether oxygens (including phenoxy) is 5. The van der Waals surface area contributed by atoms with Crippen molar-refractivity contribution < 1.29 is 42.9 Å². The van der Waals surface area contributed by atoms with Crippen molar-refractivity contribution in [2.24, 2.45) is 0 Å². The van der Waals surface area contributed by atoms with Crippen molar-refractivity contribution in [3.63, 3.8) is 0 Å². The summed E-state index contributed by atoms with van der Waals surface area (Å²) < 4.78 is 30.1. The summed E-state index contributed by atoms with van der Waals surface area (Å²) in [5.74, 6) is -2.45. The predicted molar refractivity (Wildman–Crippen MR) is 175 cm³/mol. The molecule has 9 nitrogen and oxygen atoms in total. The predicted octanol–water partition coefficient (Wildman–Crippen LogP) is 6.16. The normalized spacial score (nSPS) is 20.3. The first kappa shape index (κ1) is 33.2. The molecule has 0 radical (unpaired) electrons. The van der Waals surface area contributed by atoms with Crippen LogP contribution in [0.4, 0.5) is 0 Å². The smallest absolute Gasteiger partial charge is 0.338 e. The monoisotopic (exact) mass is 652 g/mol. The van der Waals surface area contributed by atoms with Gasteiger partial charge < -0.3 is 23.7 Å². The number of hydrogen-bond acceptors (Lipinski definition) is 10. The fourth-order valence-electron chi connectivity index (χ4n) is 4.82. The van der Waals surface area contributed by atoms with Gasteiger partial charge in [-0.1, -0.05) is 78.9 Å². The van der Waals surface area contributed by atoms with Crippen molar-refractivity contribution in [2.75, 3.05) is 12.4 Å². The summed E-state index contributed by atoms with van der Waals surface area (Å²) >= 11 is 1.23. The molecule has 1 heterocycles. The fraction of sp³-hybridized carbons (Fsp3) is 0.189. The number of carbonyl (C=O) groups is 4. The molecule has 47 heavy (non-hydrogen) atoms. The van der Waals surface area contributed by atoms with E-state index in [1.54, 1.807) is 127 Å². The van der Waals surface area contributed by atoms with Gasteiger partial charge in [-0.25, -0.2) is 19.2 Å². The maximum Gasteiger partial charge on any atom is 0.338 e. The van der Waals surface area contributed by atoms with Crippen molar-refractivity contribution >= 4 is 35.6 Å². The van der Waals surface area contributed by atoms with Crippen LogP contribution in [0.15, 0.2) is 134 Å². The van der Waals surface area contributed by atoms with E-state index in [9.17, 15) is 19.2 Å². The Kier molecular flexibility index (Phi) is 11.6. The Hall–Kier alpha value is -5.19. The van der Waals surface area contributed by atoms with Crippen LogP contribution in [-0.2, 0) is 23.7 Å². The second-order valence-corrected chi connectivity index (χ2v) is 11.5. The van der Waals surface area contributed by atoms with Crippen LogP contribution in [0, 0.1) is 0 Å². The Bertz CT molecular complexity index is 1650. The minimum atomic E-state index is -1.38. The van der Waals surface area contributed by atoms with Gasteiger partial charge in [0.1, 0.15) is 18.1 Å². The maximum absolute atomic E-state index is 13.5. The van der Waals surface area contributed by atoms with Crippen LogP contribution in [0.2, 0.25) is 0 Å². The molecule has 1 fully saturated rings. The van der Waals surface area contributed by atoms with E-state index in [1.165, 1.54) is 11.8 Å². The summed E-state index contributed by atoms with van der Waals surface area (Å²) in [4.78, 5) is 53.4. The van der Waals surface area contributed by atoms with Gasteiger partial charge in [-0.15, -0.1) is 18.3 Å². The van der Waals surface area contributed by atoms with Crippen LogP contribution in [0.5, 0.6) is 0 Å². The van der Waals surface area contributed by atoms with E-state index >= 15 is 0 Å². The average Bonchev–Trinajstić information content (AvgIpc) is 3.13. The van der Waals surface area contributed by atoms with E-state index in [2.05, 4.69) is 6.58 Å². The summed E-state index contributed by atoms with van der Waals surface area (Å²) in [6.45, 7) is 3.41. The molecule has 5 rings (SSSR count). The Morgan fingerprint density at radius 2 is 0.957 bits per heavy atom. The Labute approximate surface area is 276 Å². The van der Waals surface area contributed by atoms with Gasteiger partial charge in [-0.2, -0.15) is 0 Å². The second kappa shape index (κ2) is 16.4. The fourth-order valence-corrected chi connectivity index (χ4v) is 5.77. The molecular weight excluding hydrogens is 620 g/mol.